The monoisotopic (exact) mass is 255 g/mol. The van der Waals surface area contributed by atoms with E-state index in [0.717, 1.165) is 30.7 Å². The second-order valence-corrected chi connectivity index (χ2v) is 4.65. The molecule has 0 aliphatic heterocycles. The number of rotatable bonds is 4. The van der Waals surface area contributed by atoms with Crippen molar-refractivity contribution in [2.45, 2.75) is 45.7 Å². The van der Waals surface area contributed by atoms with Gasteiger partial charge in [0.15, 0.2) is 0 Å². The van der Waals surface area contributed by atoms with Crippen LogP contribution in [0.1, 0.15) is 32.5 Å². The maximum atomic E-state index is 5.89. The lowest BCUT2D eigenvalue weighted by Crippen LogP contribution is -2.16. The van der Waals surface area contributed by atoms with Crippen LogP contribution in [0.2, 0.25) is 0 Å². The van der Waals surface area contributed by atoms with Crippen LogP contribution < -0.4 is 5.73 Å². The molecule has 2 aromatic rings. The Balaban J connectivity index is 2.20. The number of para-hydroxylation sites is 2. The van der Waals surface area contributed by atoms with Crippen molar-refractivity contribution in [3.05, 3.63) is 30.1 Å². The third kappa shape index (κ3) is 3.15. The average molecular weight is 255 g/mol. The standard InChI is InChI=1S/C16H21N3/c1-3-8-13(17)9-7-12-16-18-14-10-5-6-11-15(14)19(16)4-2/h5-6,10-11,13H,3-4,8,12,17H2,1-2H3. The Morgan fingerprint density at radius 1 is 1.32 bits per heavy atom. The molecule has 3 heteroatoms. The molecule has 2 rings (SSSR count). The zero-order chi connectivity index (χ0) is 13.7. The molecule has 0 amide bonds. The number of aromatic nitrogens is 2. The molecule has 1 heterocycles. The van der Waals surface area contributed by atoms with Crippen LogP contribution in [0.15, 0.2) is 24.3 Å². The first-order valence-electron chi connectivity index (χ1n) is 6.94. The van der Waals surface area contributed by atoms with Gasteiger partial charge in [-0.15, -0.1) is 0 Å². The van der Waals surface area contributed by atoms with E-state index in [9.17, 15) is 0 Å². The Morgan fingerprint density at radius 3 is 2.84 bits per heavy atom. The molecule has 0 radical (unpaired) electrons. The fourth-order valence-electron chi connectivity index (χ4n) is 2.26. The van der Waals surface area contributed by atoms with Crippen LogP contribution >= 0.6 is 0 Å². The Labute approximate surface area is 114 Å². The first-order valence-corrected chi connectivity index (χ1v) is 6.94. The lowest BCUT2D eigenvalue weighted by Gasteiger charge is -2.03. The molecule has 0 bridgehead atoms. The average Bonchev–Trinajstić information content (AvgIpc) is 2.76. The summed E-state index contributed by atoms with van der Waals surface area (Å²) in [6, 6.07) is 8.20. The SMILES string of the molecule is CCCC(N)C#CCc1nc2ccccc2n1CC. The van der Waals surface area contributed by atoms with E-state index in [2.05, 4.69) is 41.3 Å². The number of nitrogens with two attached hydrogens (primary N) is 1. The summed E-state index contributed by atoms with van der Waals surface area (Å²) in [6.45, 7) is 5.17. The molecule has 0 spiro atoms. The van der Waals surface area contributed by atoms with Crippen LogP contribution in [-0.4, -0.2) is 15.6 Å². The van der Waals surface area contributed by atoms with Gasteiger partial charge in [0.2, 0.25) is 0 Å². The fourth-order valence-corrected chi connectivity index (χ4v) is 2.26. The van der Waals surface area contributed by atoms with E-state index in [1.54, 1.807) is 0 Å². The van der Waals surface area contributed by atoms with Gasteiger partial charge in [0.1, 0.15) is 5.82 Å². The summed E-state index contributed by atoms with van der Waals surface area (Å²) in [5, 5.41) is 0. The summed E-state index contributed by atoms with van der Waals surface area (Å²) in [6.07, 6.45) is 2.69. The highest BCUT2D eigenvalue weighted by atomic mass is 15.1. The number of nitrogens with zero attached hydrogens (tertiary/aromatic N) is 2. The van der Waals surface area contributed by atoms with Gasteiger partial charge in [0.05, 0.1) is 23.5 Å². The van der Waals surface area contributed by atoms with E-state index in [1.807, 2.05) is 18.2 Å². The van der Waals surface area contributed by atoms with Gasteiger partial charge in [0, 0.05) is 6.54 Å². The molecule has 0 aliphatic carbocycles. The zero-order valence-electron chi connectivity index (χ0n) is 11.7. The summed E-state index contributed by atoms with van der Waals surface area (Å²) in [5.41, 5.74) is 8.11. The molecular weight excluding hydrogens is 234 g/mol. The molecule has 1 unspecified atom stereocenters. The van der Waals surface area contributed by atoms with Crippen molar-refractivity contribution in [2.75, 3.05) is 0 Å². The number of imidazole rings is 1. The lowest BCUT2D eigenvalue weighted by molar-refractivity contribution is 0.718. The molecule has 0 fully saturated rings. The molecule has 0 aliphatic rings. The van der Waals surface area contributed by atoms with E-state index < -0.39 is 0 Å². The minimum atomic E-state index is -0.00976. The van der Waals surface area contributed by atoms with Crippen LogP contribution in [-0.2, 0) is 13.0 Å². The van der Waals surface area contributed by atoms with Crippen molar-refractivity contribution in [3.63, 3.8) is 0 Å². The van der Waals surface area contributed by atoms with Gasteiger partial charge >= 0.3 is 0 Å². The quantitative estimate of drug-likeness (QED) is 0.854. The third-order valence-electron chi connectivity index (χ3n) is 3.18. The Kier molecular flexibility index (Phi) is 4.59. The van der Waals surface area contributed by atoms with Crippen LogP contribution in [0.25, 0.3) is 11.0 Å². The molecule has 0 saturated heterocycles. The minimum absolute atomic E-state index is 0.00976. The van der Waals surface area contributed by atoms with Crippen molar-refractivity contribution in [3.8, 4) is 11.8 Å². The Bertz CT molecular complexity index is 601. The molecule has 1 aromatic heterocycles. The highest BCUT2D eigenvalue weighted by molar-refractivity contribution is 5.75. The predicted octanol–water partition coefficient (Wildman–Crippen LogP) is 2.73. The lowest BCUT2D eigenvalue weighted by atomic mass is 10.2. The first kappa shape index (κ1) is 13.6. The molecule has 3 nitrogen and oxygen atoms in total. The molecular formula is C16H21N3. The summed E-state index contributed by atoms with van der Waals surface area (Å²) < 4.78 is 2.22. The highest BCUT2D eigenvalue weighted by Crippen LogP contribution is 2.15. The van der Waals surface area contributed by atoms with Gasteiger partial charge in [-0.05, 0) is 25.5 Å². The van der Waals surface area contributed by atoms with Crippen LogP contribution in [0.3, 0.4) is 0 Å². The van der Waals surface area contributed by atoms with Crippen molar-refractivity contribution in [1.29, 1.82) is 0 Å². The second kappa shape index (κ2) is 6.40. The van der Waals surface area contributed by atoms with Crippen LogP contribution in [0.4, 0.5) is 0 Å². The molecule has 1 atom stereocenters. The van der Waals surface area contributed by atoms with E-state index in [0.29, 0.717) is 6.42 Å². The van der Waals surface area contributed by atoms with Crippen LogP contribution in [0.5, 0.6) is 0 Å². The Morgan fingerprint density at radius 2 is 2.11 bits per heavy atom. The first-order chi connectivity index (χ1) is 9.26. The van der Waals surface area contributed by atoms with E-state index in [1.165, 1.54) is 5.52 Å². The van der Waals surface area contributed by atoms with Gasteiger partial charge in [-0.2, -0.15) is 0 Å². The summed E-state index contributed by atoms with van der Waals surface area (Å²) in [7, 11) is 0. The highest BCUT2D eigenvalue weighted by Gasteiger charge is 2.07. The molecule has 0 saturated carbocycles. The smallest absolute Gasteiger partial charge is 0.121 e. The number of aryl methyl sites for hydroxylation is 1. The maximum Gasteiger partial charge on any atom is 0.121 e. The molecule has 2 N–H and O–H groups in total. The molecule has 19 heavy (non-hydrogen) atoms. The van der Waals surface area contributed by atoms with Gasteiger partial charge < -0.3 is 10.3 Å². The maximum absolute atomic E-state index is 5.89. The van der Waals surface area contributed by atoms with E-state index in [-0.39, 0.29) is 6.04 Å². The largest absolute Gasteiger partial charge is 0.327 e. The van der Waals surface area contributed by atoms with Crippen LogP contribution in [0, 0.1) is 11.8 Å². The normalized spacial score (nSPS) is 12.2. The topological polar surface area (TPSA) is 43.8 Å². The summed E-state index contributed by atoms with van der Waals surface area (Å²) in [4.78, 5) is 4.65. The van der Waals surface area contributed by atoms with Gasteiger partial charge in [0.25, 0.3) is 0 Å². The second-order valence-electron chi connectivity index (χ2n) is 4.65. The van der Waals surface area contributed by atoms with E-state index in [4.69, 9.17) is 5.73 Å². The number of benzene rings is 1. The van der Waals surface area contributed by atoms with Gasteiger partial charge in [-0.1, -0.05) is 37.3 Å². The van der Waals surface area contributed by atoms with Crippen molar-refractivity contribution in [1.82, 2.24) is 9.55 Å². The summed E-state index contributed by atoms with van der Waals surface area (Å²) in [5.74, 6) is 7.29. The summed E-state index contributed by atoms with van der Waals surface area (Å²) >= 11 is 0. The number of hydrogen-bond acceptors (Lipinski definition) is 2. The molecule has 1 aromatic carbocycles. The third-order valence-corrected chi connectivity index (χ3v) is 3.18. The van der Waals surface area contributed by atoms with E-state index >= 15 is 0 Å². The fraction of sp³-hybridized carbons (Fsp3) is 0.438. The number of hydrogen-bond donors (Lipinski definition) is 1. The zero-order valence-corrected chi connectivity index (χ0v) is 11.7. The van der Waals surface area contributed by atoms with Crippen molar-refractivity contribution in [2.24, 2.45) is 5.73 Å². The van der Waals surface area contributed by atoms with Crippen molar-refractivity contribution < 1.29 is 0 Å². The van der Waals surface area contributed by atoms with Crippen molar-refractivity contribution >= 4 is 11.0 Å². The van der Waals surface area contributed by atoms with Gasteiger partial charge in [-0.25, -0.2) is 4.98 Å². The predicted molar refractivity (Wildman–Crippen MR) is 79.8 cm³/mol. The minimum Gasteiger partial charge on any atom is -0.327 e. The van der Waals surface area contributed by atoms with Gasteiger partial charge in [-0.3, -0.25) is 0 Å². The molecule has 100 valence electrons. The number of fused-ring (bicyclic) bond motifs is 1. The Hall–Kier alpha value is -1.79.